The second-order valence-electron chi connectivity index (χ2n) is 10.9. The van der Waals surface area contributed by atoms with Gasteiger partial charge in [-0.2, -0.15) is 0 Å². The van der Waals surface area contributed by atoms with E-state index in [0.717, 1.165) is 16.7 Å². The average Bonchev–Trinajstić information content (AvgIpc) is 3.43. The van der Waals surface area contributed by atoms with Gasteiger partial charge in [0.2, 0.25) is 5.88 Å². The summed E-state index contributed by atoms with van der Waals surface area (Å²) in [5.74, 6) is 0.0931. The summed E-state index contributed by atoms with van der Waals surface area (Å²) in [5.41, 5.74) is 2.71. The first-order valence-electron chi connectivity index (χ1n) is 12.7. The first-order valence-corrected chi connectivity index (χ1v) is 12.7. The first kappa shape index (κ1) is 24.9. The van der Waals surface area contributed by atoms with Crippen LogP contribution in [0.3, 0.4) is 0 Å². The van der Waals surface area contributed by atoms with Crippen molar-refractivity contribution in [3.63, 3.8) is 0 Å². The maximum absolute atomic E-state index is 12.9. The molecular weight excluding hydrogens is 474 g/mol. The lowest BCUT2D eigenvalue weighted by molar-refractivity contribution is -0.133. The zero-order valence-corrected chi connectivity index (χ0v) is 21.4. The van der Waals surface area contributed by atoms with Gasteiger partial charge in [0.15, 0.2) is 5.78 Å². The van der Waals surface area contributed by atoms with E-state index in [1.807, 2.05) is 39.0 Å². The highest BCUT2D eigenvalue weighted by atomic mass is 16.6. The van der Waals surface area contributed by atoms with Crippen molar-refractivity contribution in [2.24, 2.45) is 0 Å². The number of amides is 2. The molecule has 3 aliphatic rings. The Morgan fingerprint density at radius 3 is 2.54 bits per heavy atom. The molecule has 37 heavy (non-hydrogen) atoms. The van der Waals surface area contributed by atoms with E-state index >= 15 is 0 Å². The lowest BCUT2D eigenvalue weighted by Gasteiger charge is -2.29. The smallest absolute Gasteiger partial charge is 0.410 e. The number of Topliss-reactive ketones (excluding diaryl/α,β-unsaturated/α-hetero) is 2. The van der Waals surface area contributed by atoms with Crippen LogP contribution in [0.5, 0.6) is 5.88 Å². The number of carbonyl (C=O) groups is 4. The lowest BCUT2D eigenvalue weighted by atomic mass is 9.92. The van der Waals surface area contributed by atoms with Crippen LogP contribution in [0.4, 0.5) is 4.79 Å². The topological polar surface area (TPSA) is 106 Å². The Balaban J connectivity index is 1.22. The summed E-state index contributed by atoms with van der Waals surface area (Å²) >= 11 is 0. The summed E-state index contributed by atoms with van der Waals surface area (Å²) in [5, 5.41) is 0. The third-order valence-corrected chi connectivity index (χ3v) is 6.91. The number of fused-ring (bicyclic) bond motifs is 1. The largest absolute Gasteiger partial charge is 0.472 e. The Kier molecular flexibility index (Phi) is 6.47. The van der Waals surface area contributed by atoms with E-state index in [9.17, 15) is 19.2 Å². The van der Waals surface area contributed by atoms with Crippen LogP contribution >= 0.6 is 0 Å². The van der Waals surface area contributed by atoms with Gasteiger partial charge in [0, 0.05) is 49.3 Å². The molecule has 1 saturated carbocycles. The fourth-order valence-electron chi connectivity index (χ4n) is 5.07. The Morgan fingerprint density at radius 2 is 1.84 bits per heavy atom. The van der Waals surface area contributed by atoms with Gasteiger partial charge >= 0.3 is 6.09 Å². The molecular formula is C28H31N3O6. The number of aromatic nitrogens is 1. The molecule has 1 aromatic heterocycles. The maximum atomic E-state index is 12.9. The van der Waals surface area contributed by atoms with Gasteiger partial charge in [0.25, 0.3) is 5.91 Å². The zero-order valence-electron chi connectivity index (χ0n) is 21.4. The molecule has 1 aromatic carbocycles. The molecule has 2 amide bonds. The van der Waals surface area contributed by atoms with Gasteiger partial charge in [-0.1, -0.05) is 6.07 Å². The Labute approximate surface area is 215 Å². The lowest BCUT2D eigenvalue weighted by Crippen LogP contribution is -2.44. The molecule has 1 saturated heterocycles. The summed E-state index contributed by atoms with van der Waals surface area (Å²) < 4.78 is 11.4. The number of likely N-dealkylation sites (tertiary alicyclic amines) is 1. The molecule has 0 N–H and O–H groups in total. The molecule has 2 aliphatic heterocycles. The predicted octanol–water partition coefficient (Wildman–Crippen LogP) is 3.78. The van der Waals surface area contributed by atoms with Crippen molar-refractivity contribution >= 4 is 23.6 Å². The predicted molar refractivity (Wildman–Crippen MR) is 134 cm³/mol. The average molecular weight is 506 g/mol. The third-order valence-electron chi connectivity index (χ3n) is 6.91. The number of carbonyl (C=O) groups excluding carboxylic acids is 4. The summed E-state index contributed by atoms with van der Waals surface area (Å²) in [6.45, 7) is 6.91. The van der Waals surface area contributed by atoms with Crippen LogP contribution in [0, 0.1) is 0 Å². The second-order valence-corrected chi connectivity index (χ2v) is 10.9. The van der Waals surface area contributed by atoms with E-state index in [2.05, 4.69) is 4.98 Å². The molecule has 5 rings (SSSR count). The van der Waals surface area contributed by atoms with Crippen LogP contribution in [0.15, 0.2) is 36.5 Å². The summed E-state index contributed by atoms with van der Waals surface area (Å²) in [4.78, 5) is 56.9. The summed E-state index contributed by atoms with van der Waals surface area (Å²) in [6.07, 6.45) is 2.58. The van der Waals surface area contributed by atoms with Gasteiger partial charge < -0.3 is 19.3 Å². The number of ketones is 2. The second kappa shape index (κ2) is 9.61. The highest BCUT2D eigenvalue weighted by Gasteiger charge is 2.39. The van der Waals surface area contributed by atoms with Crippen LogP contribution in [-0.2, 0) is 20.9 Å². The van der Waals surface area contributed by atoms with E-state index in [0.29, 0.717) is 50.3 Å². The Hall–Kier alpha value is -3.75. The van der Waals surface area contributed by atoms with Crippen molar-refractivity contribution in [3.8, 4) is 17.0 Å². The SMILES string of the molecule is CC(C)(C)OC(=O)N1CC[C@@H](Oc2ccc(-c3ccc4c(c3)CN(C3CCC(=O)CC3=O)C4=O)cn2)C1. The van der Waals surface area contributed by atoms with Crippen LogP contribution < -0.4 is 4.74 Å². The molecule has 9 nitrogen and oxygen atoms in total. The quantitative estimate of drug-likeness (QED) is 0.582. The number of hydrogen-bond acceptors (Lipinski definition) is 7. The van der Waals surface area contributed by atoms with E-state index in [-0.39, 0.29) is 36.1 Å². The number of hydrogen-bond donors (Lipinski definition) is 0. The molecule has 2 fully saturated rings. The van der Waals surface area contributed by atoms with Crippen LogP contribution in [0.1, 0.15) is 62.4 Å². The van der Waals surface area contributed by atoms with Crippen molar-refractivity contribution in [2.75, 3.05) is 13.1 Å². The third kappa shape index (κ3) is 5.35. The van der Waals surface area contributed by atoms with Gasteiger partial charge in [-0.25, -0.2) is 9.78 Å². The fourth-order valence-corrected chi connectivity index (χ4v) is 5.07. The fraction of sp³-hybridized carbons (Fsp3) is 0.464. The molecule has 2 atom stereocenters. The van der Waals surface area contributed by atoms with Crippen LogP contribution in [0.25, 0.3) is 11.1 Å². The number of pyridine rings is 1. The monoisotopic (exact) mass is 505 g/mol. The molecule has 2 aromatic rings. The highest BCUT2D eigenvalue weighted by Crippen LogP contribution is 2.32. The number of nitrogens with zero attached hydrogens (tertiary/aromatic N) is 3. The minimum atomic E-state index is -0.537. The highest BCUT2D eigenvalue weighted by molar-refractivity contribution is 6.07. The molecule has 0 radical (unpaired) electrons. The van der Waals surface area contributed by atoms with E-state index in [4.69, 9.17) is 9.47 Å². The van der Waals surface area contributed by atoms with Crippen molar-refractivity contribution in [2.45, 2.75) is 70.7 Å². The normalized spacial score (nSPS) is 21.9. The van der Waals surface area contributed by atoms with Gasteiger partial charge in [0.05, 0.1) is 19.0 Å². The summed E-state index contributed by atoms with van der Waals surface area (Å²) in [7, 11) is 0. The number of rotatable bonds is 4. The minimum Gasteiger partial charge on any atom is -0.472 e. The molecule has 0 spiro atoms. The first-order chi connectivity index (χ1) is 17.6. The maximum Gasteiger partial charge on any atom is 0.410 e. The minimum absolute atomic E-state index is 0.0547. The van der Waals surface area contributed by atoms with Crippen molar-refractivity contribution < 1.29 is 28.7 Å². The Bertz CT molecular complexity index is 1250. The van der Waals surface area contributed by atoms with Crippen molar-refractivity contribution in [1.29, 1.82) is 0 Å². The zero-order chi connectivity index (χ0) is 26.3. The van der Waals surface area contributed by atoms with Gasteiger partial charge in [-0.05, 0) is 56.5 Å². The van der Waals surface area contributed by atoms with Gasteiger partial charge in [-0.15, -0.1) is 0 Å². The van der Waals surface area contributed by atoms with E-state index in [1.54, 1.807) is 28.1 Å². The molecule has 3 heterocycles. The standard InChI is InChI=1S/C28H31N3O6/c1-28(2,3)37-27(35)30-11-10-21(16-30)36-25-9-5-18(14-29-25)17-4-7-22-19(12-17)15-31(26(22)34)23-8-6-20(32)13-24(23)33/h4-5,7,9,12,14,21,23H,6,8,10-11,13,15-16H2,1-3H3/t21-,23?/m1/s1. The van der Waals surface area contributed by atoms with Crippen LogP contribution in [0.2, 0.25) is 0 Å². The number of ether oxygens (including phenoxy) is 2. The number of benzene rings is 1. The molecule has 194 valence electrons. The van der Waals surface area contributed by atoms with Crippen LogP contribution in [-0.4, -0.2) is 69.2 Å². The molecule has 9 heteroatoms. The van der Waals surface area contributed by atoms with E-state index in [1.165, 1.54) is 0 Å². The summed E-state index contributed by atoms with van der Waals surface area (Å²) in [6, 6.07) is 8.81. The van der Waals surface area contributed by atoms with Crippen molar-refractivity contribution in [3.05, 3.63) is 47.7 Å². The van der Waals surface area contributed by atoms with Gasteiger partial charge in [0.1, 0.15) is 17.5 Å². The van der Waals surface area contributed by atoms with Crippen molar-refractivity contribution in [1.82, 2.24) is 14.8 Å². The molecule has 0 bridgehead atoms. The van der Waals surface area contributed by atoms with E-state index < -0.39 is 11.6 Å². The van der Waals surface area contributed by atoms with Gasteiger partial charge in [-0.3, -0.25) is 14.4 Å². The Morgan fingerprint density at radius 1 is 1.05 bits per heavy atom. The molecule has 1 unspecified atom stereocenters. The molecule has 1 aliphatic carbocycles.